The molecule has 0 atom stereocenters. The smallest absolute Gasteiger partial charge is 0.410 e. The zero-order valence-corrected chi connectivity index (χ0v) is 16.4. The fourth-order valence-corrected chi connectivity index (χ4v) is 4.56. The predicted octanol–water partition coefficient (Wildman–Crippen LogP) is 5.01. The lowest BCUT2D eigenvalue weighted by Gasteiger charge is -2.29. The Kier molecular flexibility index (Phi) is 4.27. The quantitative estimate of drug-likeness (QED) is 0.675. The van der Waals surface area contributed by atoms with Crippen molar-refractivity contribution in [2.24, 2.45) is 0 Å². The number of rotatable bonds is 2. The van der Waals surface area contributed by atoms with Crippen LogP contribution in [0.4, 0.5) is 4.79 Å². The molecule has 3 aromatic carbocycles. The van der Waals surface area contributed by atoms with Crippen molar-refractivity contribution in [3.05, 3.63) is 88.5 Å². The first-order valence-corrected chi connectivity index (χ1v) is 10.0. The molecule has 2 aliphatic rings. The van der Waals surface area contributed by atoms with E-state index in [1.165, 1.54) is 22.3 Å². The van der Waals surface area contributed by atoms with Crippen LogP contribution in [0.1, 0.15) is 33.7 Å². The third kappa shape index (κ3) is 3.05. The van der Waals surface area contributed by atoms with Crippen molar-refractivity contribution >= 4 is 6.09 Å². The molecule has 0 spiro atoms. The summed E-state index contributed by atoms with van der Waals surface area (Å²) in [4.78, 5) is 14.6. The van der Waals surface area contributed by atoms with E-state index >= 15 is 0 Å². The van der Waals surface area contributed by atoms with E-state index in [0.717, 1.165) is 23.1 Å². The lowest BCUT2D eigenvalue weighted by molar-refractivity contribution is 0.0953. The van der Waals surface area contributed by atoms with Gasteiger partial charge in [0.15, 0.2) is 0 Å². The average Bonchev–Trinajstić information content (AvgIpc) is 3.06. The number of amides is 1. The van der Waals surface area contributed by atoms with Gasteiger partial charge in [-0.3, -0.25) is 0 Å². The maximum atomic E-state index is 12.8. The molecule has 0 saturated heterocycles. The first-order valence-electron chi connectivity index (χ1n) is 10.0. The van der Waals surface area contributed by atoms with E-state index in [4.69, 9.17) is 4.74 Å². The van der Waals surface area contributed by atoms with E-state index in [2.05, 4.69) is 36.4 Å². The number of carbonyl (C=O) groups is 1. The van der Waals surface area contributed by atoms with Crippen LogP contribution in [0.3, 0.4) is 0 Å². The number of phenolic OH excluding ortho intramolecular Hbond substituents is 1. The molecule has 29 heavy (non-hydrogen) atoms. The predicted molar refractivity (Wildman–Crippen MR) is 112 cm³/mol. The number of aryl methyl sites for hydroxylation is 1. The molecule has 3 aromatic rings. The molecule has 1 heterocycles. The van der Waals surface area contributed by atoms with Gasteiger partial charge in [-0.15, -0.1) is 0 Å². The number of ether oxygens (including phenoxy) is 1. The van der Waals surface area contributed by atoms with Crippen LogP contribution in [-0.2, 0) is 17.7 Å². The largest absolute Gasteiger partial charge is 0.508 e. The second kappa shape index (κ2) is 6.96. The van der Waals surface area contributed by atoms with Crippen LogP contribution in [0.25, 0.3) is 11.1 Å². The van der Waals surface area contributed by atoms with Crippen LogP contribution in [-0.4, -0.2) is 29.3 Å². The summed E-state index contributed by atoms with van der Waals surface area (Å²) in [5.41, 5.74) is 7.92. The molecule has 1 aliphatic carbocycles. The molecule has 146 valence electrons. The Morgan fingerprint density at radius 3 is 2.38 bits per heavy atom. The standard InChI is InChI=1S/C25H23NO3/c1-16-12-18-14-26(11-10-17(18)13-24(16)27)25(28)29-15-23-21-8-4-2-6-19(21)20-7-3-5-9-22(20)23/h2-9,12-13,23,27H,10-11,14-15H2,1H3. The number of aromatic hydroxyl groups is 1. The average molecular weight is 385 g/mol. The second-order valence-electron chi connectivity index (χ2n) is 7.88. The Morgan fingerprint density at radius 1 is 1.03 bits per heavy atom. The van der Waals surface area contributed by atoms with Gasteiger partial charge in [0, 0.05) is 19.0 Å². The van der Waals surface area contributed by atoms with Crippen molar-refractivity contribution < 1.29 is 14.6 Å². The van der Waals surface area contributed by atoms with Crippen molar-refractivity contribution in [1.82, 2.24) is 4.90 Å². The molecule has 1 aliphatic heterocycles. The Hall–Kier alpha value is -3.27. The van der Waals surface area contributed by atoms with Gasteiger partial charge >= 0.3 is 6.09 Å². The molecule has 1 N–H and O–H groups in total. The first kappa shape index (κ1) is 17.8. The van der Waals surface area contributed by atoms with Gasteiger partial charge in [-0.25, -0.2) is 4.79 Å². The van der Waals surface area contributed by atoms with Crippen LogP contribution in [0.15, 0.2) is 60.7 Å². The Morgan fingerprint density at radius 2 is 1.69 bits per heavy atom. The van der Waals surface area contributed by atoms with Crippen molar-refractivity contribution in [1.29, 1.82) is 0 Å². The summed E-state index contributed by atoms with van der Waals surface area (Å²) in [7, 11) is 0. The molecule has 5 rings (SSSR count). The summed E-state index contributed by atoms with van der Waals surface area (Å²) in [5, 5.41) is 9.91. The lowest BCUT2D eigenvalue weighted by atomic mass is 9.97. The highest BCUT2D eigenvalue weighted by Gasteiger charge is 2.30. The van der Waals surface area contributed by atoms with Crippen LogP contribution < -0.4 is 0 Å². The number of benzene rings is 3. The highest BCUT2D eigenvalue weighted by Crippen LogP contribution is 2.44. The second-order valence-corrected chi connectivity index (χ2v) is 7.88. The molecular weight excluding hydrogens is 362 g/mol. The number of hydrogen-bond acceptors (Lipinski definition) is 3. The summed E-state index contributed by atoms with van der Waals surface area (Å²) in [6, 6.07) is 20.5. The van der Waals surface area contributed by atoms with E-state index in [1.807, 2.05) is 31.2 Å². The first-order chi connectivity index (χ1) is 14.1. The number of hydrogen-bond donors (Lipinski definition) is 1. The number of nitrogens with zero attached hydrogens (tertiary/aromatic N) is 1. The minimum Gasteiger partial charge on any atom is -0.508 e. The molecule has 4 heteroatoms. The fourth-order valence-electron chi connectivity index (χ4n) is 4.56. The molecule has 4 nitrogen and oxygen atoms in total. The van der Waals surface area contributed by atoms with Gasteiger partial charge in [0.05, 0.1) is 0 Å². The summed E-state index contributed by atoms with van der Waals surface area (Å²) >= 11 is 0. The minimum atomic E-state index is -0.275. The Labute approximate surface area is 170 Å². The van der Waals surface area contributed by atoms with Gasteiger partial charge in [-0.2, -0.15) is 0 Å². The van der Waals surface area contributed by atoms with Crippen molar-refractivity contribution in [2.75, 3.05) is 13.2 Å². The Bertz CT molecular complexity index is 1060. The molecule has 0 fully saturated rings. The van der Waals surface area contributed by atoms with Crippen molar-refractivity contribution in [3.63, 3.8) is 0 Å². The van der Waals surface area contributed by atoms with Crippen LogP contribution in [0.2, 0.25) is 0 Å². The van der Waals surface area contributed by atoms with E-state index in [0.29, 0.717) is 25.4 Å². The molecular formula is C25H23NO3. The lowest BCUT2D eigenvalue weighted by Crippen LogP contribution is -2.37. The zero-order chi connectivity index (χ0) is 20.0. The van der Waals surface area contributed by atoms with E-state index in [9.17, 15) is 9.90 Å². The molecule has 0 radical (unpaired) electrons. The number of carbonyl (C=O) groups excluding carboxylic acids is 1. The topological polar surface area (TPSA) is 49.8 Å². The summed E-state index contributed by atoms with van der Waals surface area (Å²) < 4.78 is 5.79. The highest BCUT2D eigenvalue weighted by molar-refractivity contribution is 5.79. The number of phenols is 1. The molecule has 0 saturated carbocycles. The van der Waals surface area contributed by atoms with Gasteiger partial charge in [0.1, 0.15) is 12.4 Å². The third-order valence-electron chi connectivity index (χ3n) is 6.12. The van der Waals surface area contributed by atoms with E-state index in [1.54, 1.807) is 4.90 Å². The van der Waals surface area contributed by atoms with Gasteiger partial charge in [-0.1, -0.05) is 54.6 Å². The molecule has 1 amide bonds. The van der Waals surface area contributed by atoms with Crippen LogP contribution >= 0.6 is 0 Å². The van der Waals surface area contributed by atoms with Gasteiger partial charge in [-0.05, 0) is 58.4 Å². The number of fused-ring (bicyclic) bond motifs is 4. The van der Waals surface area contributed by atoms with Crippen LogP contribution in [0, 0.1) is 6.92 Å². The van der Waals surface area contributed by atoms with Crippen molar-refractivity contribution in [3.8, 4) is 16.9 Å². The third-order valence-corrected chi connectivity index (χ3v) is 6.12. The molecule has 0 aromatic heterocycles. The Balaban J connectivity index is 1.32. The summed E-state index contributed by atoms with van der Waals surface area (Å²) in [5.74, 6) is 0.390. The highest BCUT2D eigenvalue weighted by atomic mass is 16.6. The van der Waals surface area contributed by atoms with Gasteiger partial charge < -0.3 is 14.7 Å². The zero-order valence-electron chi connectivity index (χ0n) is 16.4. The van der Waals surface area contributed by atoms with E-state index < -0.39 is 0 Å². The summed E-state index contributed by atoms with van der Waals surface area (Å²) in [6.07, 6.45) is 0.455. The maximum Gasteiger partial charge on any atom is 0.410 e. The normalized spacial score (nSPS) is 14.9. The fraction of sp³-hybridized carbons (Fsp3) is 0.240. The monoisotopic (exact) mass is 385 g/mol. The SMILES string of the molecule is Cc1cc2c(cc1O)CCN(C(=O)OCC1c3ccccc3-c3ccccc31)C2. The molecule has 0 bridgehead atoms. The van der Waals surface area contributed by atoms with Gasteiger partial charge in [0.2, 0.25) is 0 Å². The van der Waals surface area contributed by atoms with Crippen molar-refractivity contribution in [2.45, 2.75) is 25.8 Å². The van der Waals surface area contributed by atoms with E-state index in [-0.39, 0.29) is 12.0 Å². The molecule has 0 unspecified atom stereocenters. The minimum absolute atomic E-state index is 0.0719. The van der Waals surface area contributed by atoms with Gasteiger partial charge in [0.25, 0.3) is 0 Å². The maximum absolute atomic E-state index is 12.8. The van der Waals surface area contributed by atoms with Crippen LogP contribution in [0.5, 0.6) is 5.75 Å². The summed E-state index contributed by atoms with van der Waals surface area (Å²) in [6.45, 7) is 3.34.